The first-order valence-electron chi connectivity index (χ1n) is 7.56. The van der Waals surface area contributed by atoms with Crippen molar-refractivity contribution in [1.82, 2.24) is 15.3 Å². The second-order valence-corrected chi connectivity index (χ2v) is 6.54. The molecule has 1 atom stereocenters. The van der Waals surface area contributed by atoms with E-state index in [4.69, 9.17) is 4.98 Å². The Hall–Kier alpha value is -1.46. The minimum Gasteiger partial charge on any atom is -0.351 e. The van der Waals surface area contributed by atoms with Gasteiger partial charge in [-0.2, -0.15) is 0 Å². The van der Waals surface area contributed by atoms with Gasteiger partial charge in [-0.15, -0.1) is 0 Å². The normalized spacial score (nSPS) is 17.5. The Morgan fingerprint density at radius 1 is 1.43 bits per heavy atom. The van der Waals surface area contributed by atoms with Crippen LogP contribution in [-0.2, 0) is 12.8 Å². The summed E-state index contributed by atoms with van der Waals surface area (Å²) in [4.78, 5) is 12.9. The van der Waals surface area contributed by atoms with Crippen LogP contribution in [0, 0.1) is 0 Å². The Labute approximate surface area is 130 Å². The smallest absolute Gasteiger partial charge is 0.185 e. The highest BCUT2D eigenvalue weighted by Crippen LogP contribution is 2.37. The van der Waals surface area contributed by atoms with Crippen LogP contribution in [0.5, 0.6) is 0 Å². The number of thiazole rings is 1. The van der Waals surface area contributed by atoms with Crippen molar-refractivity contribution in [1.29, 1.82) is 0 Å². The highest BCUT2D eigenvalue weighted by atomic mass is 32.1. The van der Waals surface area contributed by atoms with E-state index in [9.17, 15) is 0 Å². The van der Waals surface area contributed by atoms with Crippen molar-refractivity contribution >= 4 is 16.5 Å². The molecule has 0 fully saturated rings. The first-order valence-corrected chi connectivity index (χ1v) is 8.37. The molecule has 2 heterocycles. The summed E-state index contributed by atoms with van der Waals surface area (Å²) in [6, 6.07) is 6.57. The lowest BCUT2D eigenvalue weighted by Gasteiger charge is -2.19. The Balaban J connectivity index is 1.68. The highest BCUT2D eigenvalue weighted by Gasteiger charge is 2.24. The van der Waals surface area contributed by atoms with E-state index in [0.29, 0.717) is 6.04 Å². The fraction of sp³-hybridized carbons (Fsp3) is 0.500. The first-order chi connectivity index (χ1) is 10.3. The first kappa shape index (κ1) is 14.5. The van der Waals surface area contributed by atoms with Gasteiger partial charge in [0, 0.05) is 42.8 Å². The number of rotatable bonds is 5. The molecule has 5 heteroatoms. The van der Waals surface area contributed by atoms with Crippen LogP contribution in [0.15, 0.2) is 24.4 Å². The molecule has 0 radical (unpaired) electrons. The highest BCUT2D eigenvalue weighted by molar-refractivity contribution is 7.15. The number of aromatic nitrogens is 2. The molecule has 0 amide bonds. The average molecular weight is 302 g/mol. The van der Waals surface area contributed by atoms with Crippen molar-refractivity contribution in [2.45, 2.75) is 31.7 Å². The van der Waals surface area contributed by atoms with Gasteiger partial charge in [-0.1, -0.05) is 17.4 Å². The Morgan fingerprint density at radius 2 is 2.33 bits per heavy atom. The molecular formula is C16H22N4S. The molecule has 4 nitrogen and oxygen atoms in total. The maximum atomic E-state index is 4.85. The fourth-order valence-electron chi connectivity index (χ4n) is 2.77. The van der Waals surface area contributed by atoms with Crippen LogP contribution in [0.25, 0.3) is 0 Å². The second-order valence-electron chi connectivity index (χ2n) is 5.53. The van der Waals surface area contributed by atoms with Crippen LogP contribution in [0.2, 0.25) is 0 Å². The van der Waals surface area contributed by atoms with Gasteiger partial charge >= 0.3 is 0 Å². The number of aryl methyl sites for hydroxylation is 1. The molecule has 1 aliphatic rings. The quantitative estimate of drug-likeness (QED) is 0.922. The molecule has 112 valence electrons. The number of fused-ring (bicyclic) bond motifs is 1. The van der Waals surface area contributed by atoms with Gasteiger partial charge in [-0.3, -0.25) is 4.98 Å². The molecule has 0 saturated carbocycles. The zero-order valence-corrected chi connectivity index (χ0v) is 13.5. The van der Waals surface area contributed by atoms with Crippen LogP contribution in [0.3, 0.4) is 0 Å². The number of likely N-dealkylation sites (N-methyl/N-ethyl adjacent to an activating group) is 1. The van der Waals surface area contributed by atoms with Crippen molar-refractivity contribution in [2.24, 2.45) is 0 Å². The van der Waals surface area contributed by atoms with Crippen LogP contribution in [-0.4, -0.2) is 30.6 Å². The molecule has 1 aliphatic carbocycles. The van der Waals surface area contributed by atoms with Gasteiger partial charge in [0.25, 0.3) is 0 Å². The molecule has 2 aromatic rings. The second kappa shape index (κ2) is 6.54. The summed E-state index contributed by atoms with van der Waals surface area (Å²) in [5, 5.41) is 4.55. The van der Waals surface area contributed by atoms with Crippen molar-refractivity contribution in [2.75, 3.05) is 25.5 Å². The largest absolute Gasteiger partial charge is 0.351 e. The van der Waals surface area contributed by atoms with E-state index in [2.05, 4.69) is 28.3 Å². The maximum Gasteiger partial charge on any atom is 0.185 e. The van der Waals surface area contributed by atoms with E-state index in [1.54, 1.807) is 0 Å². The summed E-state index contributed by atoms with van der Waals surface area (Å²) >= 11 is 1.84. The van der Waals surface area contributed by atoms with E-state index in [0.717, 1.165) is 30.2 Å². The predicted octanol–water partition coefficient (Wildman–Crippen LogP) is 2.81. The minimum atomic E-state index is 0.490. The predicted molar refractivity (Wildman–Crippen MR) is 88.1 cm³/mol. The van der Waals surface area contributed by atoms with Crippen molar-refractivity contribution in [3.63, 3.8) is 0 Å². The molecule has 2 aromatic heterocycles. The molecule has 3 rings (SSSR count). The maximum absolute atomic E-state index is 4.85. The Morgan fingerprint density at radius 3 is 3.10 bits per heavy atom. The number of hydrogen-bond acceptors (Lipinski definition) is 5. The summed E-state index contributed by atoms with van der Waals surface area (Å²) in [5.41, 5.74) is 2.43. The summed E-state index contributed by atoms with van der Waals surface area (Å²) in [6.45, 7) is 0.952. The lowest BCUT2D eigenvalue weighted by Crippen LogP contribution is -2.20. The van der Waals surface area contributed by atoms with Crippen LogP contribution >= 0.6 is 11.3 Å². The van der Waals surface area contributed by atoms with E-state index in [-0.39, 0.29) is 0 Å². The third kappa shape index (κ3) is 3.24. The van der Waals surface area contributed by atoms with Crippen LogP contribution in [0.4, 0.5) is 5.13 Å². The van der Waals surface area contributed by atoms with E-state index in [1.807, 2.05) is 36.7 Å². The zero-order chi connectivity index (χ0) is 14.7. The fourth-order valence-corrected chi connectivity index (χ4v) is 4.01. The molecule has 0 bridgehead atoms. The summed E-state index contributed by atoms with van der Waals surface area (Å²) in [6.07, 6.45) is 6.40. The molecule has 0 spiro atoms. The monoisotopic (exact) mass is 302 g/mol. The lowest BCUT2D eigenvalue weighted by molar-refractivity contribution is 0.501. The van der Waals surface area contributed by atoms with Crippen molar-refractivity contribution in [3.8, 4) is 0 Å². The van der Waals surface area contributed by atoms with E-state index >= 15 is 0 Å². The average Bonchev–Trinajstić information content (AvgIpc) is 2.97. The SMILES string of the molecule is CNC1CCCc2nc(N(C)CCc3ccccn3)sc21. The molecule has 0 aliphatic heterocycles. The number of nitrogens with zero attached hydrogens (tertiary/aromatic N) is 3. The lowest BCUT2D eigenvalue weighted by atomic mass is 9.98. The molecule has 1 unspecified atom stereocenters. The van der Waals surface area contributed by atoms with Gasteiger partial charge in [0.1, 0.15) is 0 Å². The summed E-state index contributed by atoms with van der Waals surface area (Å²) < 4.78 is 0. The van der Waals surface area contributed by atoms with Gasteiger partial charge in [0.05, 0.1) is 5.69 Å². The van der Waals surface area contributed by atoms with Gasteiger partial charge < -0.3 is 10.2 Å². The third-order valence-corrected chi connectivity index (χ3v) is 5.37. The van der Waals surface area contributed by atoms with Gasteiger partial charge in [-0.25, -0.2) is 4.98 Å². The van der Waals surface area contributed by atoms with Crippen LogP contribution in [0.1, 0.15) is 35.1 Å². The molecule has 1 N–H and O–H groups in total. The Kier molecular flexibility index (Phi) is 4.51. The van der Waals surface area contributed by atoms with Gasteiger partial charge in [0.15, 0.2) is 5.13 Å². The topological polar surface area (TPSA) is 41.1 Å². The standard InChI is InChI=1S/C16H22N4S/c1-17-13-7-5-8-14-15(13)21-16(19-14)20(2)11-9-12-6-3-4-10-18-12/h3-4,6,10,13,17H,5,7-9,11H2,1-2H3. The summed E-state index contributed by atoms with van der Waals surface area (Å²) in [7, 11) is 4.17. The summed E-state index contributed by atoms with van der Waals surface area (Å²) in [5.74, 6) is 0. The molecule has 0 aromatic carbocycles. The Bertz CT molecular complexity index is 581. The zero-order valence-electron chi connectivity index (χ0n) is 12.7. The van der Waals surface area contributed by atoms with Gasteiger partial charge in [-0.05, 0) is 38.4 Å². The minimum absolute atomic E-state index is 0.490. The number of nitrogens with one attached hydrogen (secondary N) is 1. The van der Waals surface area contributed by atoms with E-state index < -0.39 is 0 Å². The van der Waals surface area contributed by atoms with E-state index in [1.165, 1.54) is 23.4 Å². The van der Waals surface area contributed by atoms with Gasteiger partial charge in [0.2, 0.25) is 0 Å². The molecule has 0 saturated heterocycles. The molecular weight excluding hydrogens is 280 g/mol. The third-order valence-electron chi connectivity index (χ3n) is 4.04. The van der Waals surface area contributed by atoms with Crippen molar-refractivity contribution < 1.29 is 0 Å². The number of pyridine rings is 1. The number of hydrogen-bond donors (Lipinski definition) is 1. The number of anilines is 1. The molecule has 21 heavy (non-hydrogen) atoms. The van der Waals surface area contributed by atoms with Crippen LogP contribution < -0.4 is 10.2 Å². The van der Waals surface area contributed by atoms with Crippen molar-refractivity contribution in [3.05, 3.63) is 40.7 Å².